The Morgan fingerprint density at radius 1 is 1.25 bits per heavy atom. The third-order valence-electron chi connectivity index (χ3n) is 0.809. The highest BCUT2D eigenvalue weighted by molar-refractivity contribution is 6.30. The molecule has 0 aliphatic rings. The minimum Gasteiger partial charge on any atom is -0.402 e. The monoisotopic (exact) mass is 166 g/mol. The quantitative estimate of drug-likeness (QED) is 0.425. The number of pyridine rings is 1. The van der Waals surface area contributed by atoms with Gasteiger partial charge in [-0.15, -0.1) is 0 Å². The molecule has 3 N–H and O–H groups in total. The van der Waals surface area contributed by atoms with Crippen molar-refractivity contribution in [1.29, 1.82) is 5.26 Å². The van der Waals surface area contributed by atoms with Crippen LogP contribution in [0, 0.1) is 11.3 Å². The molecule has 1 rings (SSSR count). The van der Waals surface area contributed by atoms with Crippen LogP contribution in [0.1, 0.15) is 5.56 Å². The molecule has 0 unspecified atom stereocenters. The highest BCUT2D eigenvalue weighted by Crippen LogP contribution is 1.89. The van der Waals surface area contributed by atoms with Gasteiger partial charge in [0.1, 0.15) is 0 Å². The average Bonchev–Trinajstić information content (AvgIpc) is 2.05. The van der Waals surface area contributed by atoms with E-state index in [-0.39, 0.29) is 0 Å². The van der Waals surface area contributed by atoms with Gasteiger partial charge in [0.05, 0.1) is 11.6 Å². The Labute approximate surface area is 69.7 Å². The van der Waals surface area contributed by atoms with E-state index in [4.69, 9.17) is 20.3 Å². The lowest BCUT2D eigenvalue weighted by atomic mass is 10.3. The molecule has 0 radical (unpaired) electrons. The zero-order valence-electron chi connectivity index (χ0n) is 6.12. The fourth-order valence-corrected chi connectivity index (χ4v) is 0.426. The van der Waals surface area contributed by atoms with E-state index in [9.17, 15) is 0 Å². The molecule has 0 aliphatic carbocycles. The maximum atomic E-state index is 8.26. The van der Waals surface area contributed by atoms with Gasteiger partial charge in [0, 0.05) is 12.4 Å². The van der Waals surface area contributed by atoms with E-state index in [0.717, 1.165) is 0 Å². The Kier molecular flexibility index (Phi) is 5.56. The SMILES string of the molecule is N#Cc1ccncc1.OB(O)O. The van der Waals surface area contributed by atoms with E-state index in [2.05, 4.69) is 4.98 Å². The summed E-state index contributed by atoms with van der Waals surface area (Å²) in [4.78, 5) is 3.74. The molecule has 5 nitrogen and oxygen atoms in total. The van der Waals surface area contributed by atoms with Crippen LogP contribution in [0.3, 0.4) is 0 Å². The van der Waals surface area contributed by atoms with Crippen LogP contribution in [0.5, 0.6) is 0 Å². The van der Waals surface area contributed by atoms with Gasteiger partial charge < -0.3 is 15.1 Å². The van der Waals surface area contributed by atoms with E-state index in [1.165, 1.54) is 0 Å². The molecule has 0 fully saturated rings. The first-order chi connectivity index (χ1) is 5.66. The van der Waals surface area contributed by atoms with Crippen molar-refractivity contribution < 1.29 is 15.1 Å². The van der Waals surface area contributed by atoms with Crippen LogP contribution in [0.15, 0.2) is 24.5 Å². The highest BCUT2D eigenvalue weighted by atomic mass is 16.5. The van der Waals surface area contributed by atoms with E-state index >= 15 is 0 Å². The van der Waals surface area contributed by atoms with Crippen molar-refractivity contribution in [2.75, 3.05) is 0 Å². The van der Waals surface area contributed by atoms with Crippen molar-refractivity contribution in [3.8, 4) is 6.07 Å². The predicted molar refractivity (Wildman–Crippen MR) is 41.4 cm³/mol. The van der Waals surface area contributed by atoms with Gasteiger partial charge in [-0.1, -0.05) is 0 Å². The Bertz CT molecular complexity index is 244. The van der Waals surface area contributed by atoms with E-state index in [0.29, 0.717) is 5.56 Å². The standard InChI is InChI=1S/C6H4N2.BH3O3/c7-5-6-1-3-8-4-2-6;2-1(3)4/h1-4H;2-4H. The zero-order valence-corrected chi connectivity index (χ0v) is 6.12. The number of nitriles is 1. The molecule has 0 spiro atoms. The summed E-state index contributed by atoms with van der Waals surface area (Å²) in [7, 11) is -2.17. The fourth-order valence-electron chi connectivity index (χ4n) is 0.426. The summed E-state index contributed by atoms with van der Waals surface area (Å²) < 4.78 is 0. The number of hydrogen-bond donors (Lipinski definition) is 3. The van der Waals surface area contributed by atoms with Gasteiger partial charge in [0.15, 0.2) is 0 Å². The lowest BCUT2D eigenvalue weighted by Gasteiger charge is -1.79. The number of nitrogens with zero attached hydrogens (tertiary/aromatic N) is 2. The third-order valence-corrected chi connectivity index (χ3v) is 0.809. The minimum absolute atomic E-state index is 0.653. The van der Waals surface area contributed by atoms with Crippen molar-refractivity contribution in [3.63, 3.8) is 0 Å². The summed E-state index contributed by atoms with van der Waals surface area (Å²) in [6.45, 7) is 0. The molecular formula is C6H7BN2O3. The predicted octanol–water partition coefficient (Wildman–Crippen LogP) is -1.10. The highest BCUT2D eigenvalue weighted by Gasteiger charge is 1.92. The Morgan fingerprint density at radius 3 is 1.92 bits per heavy atom. The van der Waals surface area contributed by atoms with Crippen LogP contribution >= 0.6 is 0 Å². The number of rotatable bonds is 0. The summed E-state index contributed by atoms with van der Waals surface area (Å²) in [6.07, 6.45) is 3.19. The van der Waals surface area contributed by atoms with E-state index in [1.54, 1.807) is 24.5 Å². The van der Waals surface area contributed by atoms with Gasteiger partial charge in [0.25, 0.3) is 0 Å². The molecule has 0 saturated carbocycles. The first-order valence-corrected chi connectivity index (χ1v) is 3.01. The van der Waals surface area contributed by atoms with Crippen LogP contribution in [0.25, 0.3) is 0 Å². The minimum atomic E-state index is -2.17. The van der Waals surface area contributed by atoms with Crippen LogP contribution < -0.4 is 0 Å². The first-order valence-electron chi connectivity index (χ1n) is 3.01. The third kappa shape index (κ3) is 6.70. The second-order valence-electron chi connectivity index (χ2n) is 1.69. The molecule has 1 aromatic heterocycles. The van der Waals surface area contributed by atoms with Gasteiger partial charge in [-0.2, -0.15) is 5.26 Å². The Balaban J connectivity index is 0.000000261. The molecule has 0 bridgehead atoms. The smallest absolute Gasteiger partial charge is 0.402 e. The zero-order chi connectivity index (χ0) is 9.40. The van der Waals surface area contributed by atoms with Crippen molar-refractivity contribution >= 4 is 7.32 Å². The second kappa shape index (κ2) is 6.31. The fraction of sp³-hybridized carbons (Fsp3) is 0. The molecule has 0 aromatic carbocycles. The molecule has 0 atom stereocenters. The summed E-state index contributed by atoms with van der Waals surface area (Å²) >= 11 is 0. The van der Waals surface area contributed by atoms with Crippen molar-refractivity contribution in [1.82, 2.24) is 4.98 Å². The van der Waals surface area contributed by atoms with Gasteiger partial charge in [-0.25, -0.2) is 0 Å². The molecule has 1 aromatic rings. The number of aromatic nitrogens is 1. The first kappa shape index (κ1) is 10.6. The molecule has 1 heterocycles. The summed E-state index contributed by atoms with van der Waals surface area (Å²) in [6, 6.07) is 5.32. The van der Waals surface area contributed by atoms with Crippen molar-refractivity contribution in [2.24, 2.45) is 0 Å². The van der Waals surface area contributed by atoms with E-state index < -0.39 is 7.32 Å². The van der Waals surface area contributed by atoms with Gasteiger partial charge in [-0.05, 0) is 12.1 Å². The summed E-state index contributed by atoms with van der Waals surface area (Å²) in [5, 5.41) is 29.8. The molecular weight excluding hydrogens is 159 g/mol. The second-order valence-corrected chi connectivity index (χ2v) is 1.69. The number of hydrogen-bond acceptors (Lipinski definition) is 5. The summed E-state index contributed by atoms with van der Waals surface area (Å²) in [5.41, 5.74) is 0.653. The largest absolute Gasteiger partial charge is 0.631 e. The van der Waals surface area contributed by atoms with Crippen LogP contribution in [-0.2, 0) is 0 Å². The maximum Gasteiger partial charge on any atom is 0.631 e. The molecule has 6 heteroatoms. The topological polar surface area (TPSA) is 97.4 Å². The van der Waals surface area contributed by atoms with Gasteiger partial charge >= 0.3 is 7.32 Å². The Morgan fingerprint density at radius 2 is 1.67 bits per heavy atom. The lowest BCUT2D eigenvalue weighted by Crippen LogP contribution is -2.07. The van der Waals surface area contributed by atoms with Crippen molar-refractivity contribution in [2.45, 2.75) is 0 Å². The molecule has 0 amide bonds. The normalized spacial score (nSPS) is 7.50. The summed E-state index contributed by atoms with van der Waals surface area (Å²) in [5.74, 6) is 0. The van der Waals surface area contributed by atoms with Crippen LogP contribution in [0.4, 0.5) is 0 Å². The average molecular weight is 166 g/mol. The van der Waals surface area contributed by atoms with Crippen LogP contribution in [-0.4, -0.2) is 27.4 Å². The van der Waals surface area contributed by atoms with Gasteiger partial charge in [0.2, 0.25) is 0 Å². The van der Waals surface area contributed by atoms with Gasteiger partial charge in [-0.3, -0.25) is 4.98 Å². The lowest BCUT2D eigenvalue weighted by molar-refractivity contribution is 0.278. The Hall–Kier alpha value is -1.42. The molecule has 0 aliphatic heterocycles. The van der Waals surface area contributed by atoms with Crippen molar-refractivity contribution in [3.05, 3.63) is 30.1 Å². The molecule has 62 valence electrons. The maximum absolute atomic E-state index is 8.26. The molecule has 0 saturated heterocycles. The molecule has 12 heavy (non-hydrogen) atoms. The van der Waals surface area contributed by atoms with E-state index in [1.807, 2.05) is 6.07 Å². The van der Waals surface area contributed by atoms with Crippen LogP contribution in [0.2, 0.25) is 0 Å².